The van der Waals surface area contributed by atoms with E-state index < -0.39 is 0 Å². The summed E-state index contributed by atoms with van der Waals surface area (Å²) in [5, 5.41) is 9.52. The van der Waals surface area contributed by atoms with Gasteiger partial charge in [-0.05, 0) is 24.5 Å². The van der Waals surface area contributed by atoms with E-state index in [4.69, 9.17) is 4.74 Å². The number of carbonyl (C=O) groups excluding carboxylic acids is 1. The summed E-state index contributed by atoms with van der Waals surface area (Å²) in [5.74, 6) is 1.68. The Morgan fingerprint density at radius 3 is 3.15 bits per heavy atom. The molecule has 2 N–H and O–H groups in total. The molecule has 0 atom stereocenters. The first-order valence-corrected chi connectivity index (χ1v) is 6.45. The Bertz CT molecular complexity index is 621. The summed E-state index contributed by atoms with van der Waals surface area (Å²) in [4.78, 5) is 20.1. The van der Waals surface area contributed by atoms with Crippen LogP contribution in [-0.4, -0.2) is 33.2 Å². The molecule has 0 spiro atoms. The number of nitrogens with zero attached hydrogens (tertiary/aromatic N) is 3. The van der Waals surface area contributed by atoms with Crippen molar-refractivity contribution in [1.82, 2.24) is 25.5 Å². The lowest BCUT2D eigenvalue weighted by atomic mass is 10.2. The fourth-order valence-corrected chi connectivity index (χ4v) is 1.85. The standard InChI is InChI=1S/C13H15N5O2/c1-20-10-6-8(4-5-14-10)7-15-13(19)12-16-11(17-18-12)9-2-3-9/h4-6,9H,2-3,7H2,1H3,(H,15,19)(H,16,17,18). The van der Waals surface area contributed by atoms with E-state index in [1.54, 1.807) is 19.4 Å². The van der Waals surface area contributed by atoms with E-state index in [1.165, 1.54) is 0 Å². The molecule has 7 nitrogen and oxygen atoms in total. The highest BCUT2D eigenvalue weighted by atomic mass is 16.5. The van der Waals surface area contributed by atoms with Crippen LogP contribution in [0.1, 0.15) is 40.8 Å². The normalized spacial score (nSPS) is 14.1. The van der Waals surface area contributed by atoms with Crippen LogP contribution in [0.15, 0.2) is 18.3 Å². The second-order valence-corrected chi connectivity index (χ2v) is 4.71. The lowest BCUT2D eigenvalue weighted by molar-refractivity contribution is 0.0941. The number of aromatic amines is 1. The van der Waals surface area contributed by atoms with Gasteiger partial charge in [-0.25, -0.2) is 9.97 Å². The molecular formula is C13H15N5O2. The van der Waals surface area contributed by atoms with Gasteiger partial charge in [0.05, 0.1) is 7.11 Å². The molecule has 1 amide bonds. The Hall–Kier alpha value is -2.44. The van der Waals surface area contributed by atoms with Gasteiger partial charge >= 0.3 is 0 Å². The summed E-state index contributed by atoms with van der Waals surface area (Å²) in [6.45, 7) is 0.380. The van der Waals surface area contributed by atoms with Gasteiger partial charge in [-0.2, -0.15) is 0 Å². The van der Waals surface area contributed by atoms with Crippen LogP contribution in [0.4, 0.5) is 0 Å². The molecule has 2 aromatic heterocycles. The van der Waals surface area contributed by atoms with E-state index in [0.29, 0.717) is 18.3 Å². The van der Waals surface area contributed by atoms with Crippen LogP contribution in [0.3, 0.4) is 0 Å². The number of pyridine rings is 1. The predicted molar refractivity (Wildman–Crippen MR) is 70.3 cm³/mol. The van der Waals surface area contributed by atoms with Crippen LogP contribution in [0.5, 0.6) is 5.88 Å². The van der Waals surface area contributed by atoms with E-state index in [-0.39, 0.29) is 11.7 Å². The number of hydrogen-bond acceptors (Lipinski definition) is 5. The molecule has 1 saturated carbocycles. The molecule has 7 heteroatoms. The maximum atomic E-state index is 11.9. The van der Waals surface area contributed by atoms with Gasteiger partial charge in [-0.15, -0.1) is 5.10 Å². The van der Waals surface area contributed by atoms with Crippen molar-refractivity contribution >= 4 is 5.91 Å². The minimum Gasteiger partial charge on any atom is -0.481 e. The zero-order valence-electron chi connectivity index (χ0n) is 11.1. The summed E-state index contributed by atoms with van der Waals surface area (Å²) in [6, 6.07) is 3.59. The van der Waals surface area contributed by atoms with Crippen molar-refractivity contribution in [2.24, 2.45) is 0 Å². The van der Waals surface area contributed by atoms with Gasteiger partial charge in [0.25, 0.3) is 5.91 Å². The Balaban J connectivity index is 1.60. The number of rotatable bonds is 5. The van der Waals surface area contributed by atoms with Gasteiger partial charge in [0.2, 0.25) is 11.7 Å². The fraction of sp³-hybridized carbons (Fsp3) is 0.385. The molecule has 0 bridgehead atoms. The van der Waals surface area contributed by atoms with Crippen LogP contribution in [0.25, 0.3) is 0 Å². The topological polar surface area (TPSA) is 92.8 Å². The molecule has 20 heavy (non-hydrogen) atoms. The SMILES string of the molecule is COc1cc(CNC(=O)c2n[nH]c(C3CC3)n2)ccn1. The van der Waals surface area contributed by atoms with E-state index >= 15 is 0 Å². The zero-order valence-corrected chi connectivity index (χ0v) is 11.1. The van der Waals surface area contributed by atoms with Crippen molar-refractivity contribution in [1.29, 1.82) is 0 Å². The minimum absolute atomic E-state index is 0.188. The molecule has 104 valence electrons. The Morgan fingerprint density at radius 1 is 1.55 bits per heavy atom. The first kappa shape index (κ1) is 12.6. The van der Waals surface area contributed by atoms with Gasteiger partial charge in [-0.3, -0.25) is 9.89 Å². The van der Waals surface area contributed by atoms with Crippen molar-refractivity contribution in [3.8, 4) is 5.88 Å². The highest BCUT2D eigenvalue weighted by Crippen LogP contribution is 2.37. The summed E-state index contributed by atoms with van der Waals surface area (Å²) in [6.07, 6.45) is 3.87. The molecule has 1 aliphatic rings. The molecule has 0 unspecified atom stereocenters. The third-order valence-corrected chi connectivity index (χ3v) is 3.13. The van der Waals surface area contributed by atoms with Crippen molar-refractivity contribution in [3.05, 3.63) is 35.5 Å². The average molecular weight is 273 g/mol. The molecule has 2 heterocycles. The number of methoxy groups -OCH3 is 1. The molecule has 1 aliphatic carbocycles. The molecule has 0 radical (unpaired) electrons. The quantitative estimate of drug-likeness (QED) is 0.848. The Morgan fingerprint density at radius 2 is 2.40 bits per heavy atom. The smallest absolute Gasteiger partial charge is 0.291 e. The lowest BCUT2D eigenvalue weighted by Gasteiger charge is -2.04. The second kappa shape index (κ2) is 5.28. The van der Waals surface area contributed by atoms with Crippen molar-refractivity contribution < 1.29 is 9.53 Å². The van der Waals surface area contributed by atoms with Crippen LogP contribution < -0.4 is 10.1 Å². The molecular weight excluding hydrogens is 258 g/mol. The number of amides is 1. The van der Waals surface area contributed by atoms with Crippen molar-refractivity contribution in [2.45, 2.75) is 25.3 Å². The molecule has 0 aromatic carbocycles. The fourth-order valence-electron chi connectivity index (χ4n) is 1.85. The van der Waals surface area contributed by atoms with Crippen LogP contribution in [0, 0.1) is 0 Å². The number of hydrogen-bond donors (Lipinski definition) is 2. The molecule has 0 aliphatic heterocycles. The van der Waals surface area contributed by atoms with Crippen molar-refractivity contribution in [3.63, 3.8) is 0 Å². The predicted octanol–water partition coefficient (Wildman–Crippen LogP) is 1.02. The van der Waals surface area contributed by atoms with Crippen LogP contribution in [0.2, 0.25) is 0 Å². The van der Waals surface area contributed by atoms with E-state index in [2.05, 4.69) is 25.5 Å². The van der Waals surface area contributed by atoms with Crippen LogP contribution in [-0.2, 0) is 6.54 Å². The number of carbonyl (C=O) groups is 1. The highest BCUT2D eigenvalue weighted by Gasteiger charge is 2.28. The summed E-state index contributed by atoms with van der Waals surface area (Å²) < 4.78 is 5.03. The number of H-pyrrole nitrogens is 1. The summed E-state index contributed by atoms with van der Waals surface area (Å²) in [5.41, 5.74) is 0.906. The van der Waals surface area contributed by atoms with Crippen molar-refractivity contribution in [2.75, 3.05) is 7.11 Å². The molecule has 2 aromatic rings. The van der Waals surface area contributed by atoms with Crippen LogP contribution >= 0.6 is 0 Å². The Kier molecular flexibility index (Phi) is 3.32. The van der Waals surface area contributed by atoms with E-state index in [1.807, 2.05) is 6.07 Å². The van der Waals surface area contributed by atoms with Gasteiger partial charge in [0.15, 0.2) is 0 Å². The molecule has 3 rings (SSSR count). The second-order valence-electron chi connectivity index (χ2n) is 4.71. The maximum absolute atomic E-state index is 11.9. The van der Waals surface area contributed by atoms with E-state index in [9.17, 15) is 4.79 Å². The lowest BCUT2D eigenvalue weighted by Crippen LogP contribution is -2.24. The first-order valence-electron chi connectivity index (χ1n) is 6.45. The van der Waals surface area contributed by atoms with Gasteiger partial charge in [0.1, 0.15) is 5.82 Å². The third kappa shape index (κ3) is 2.76. The zero-order chi connectivity index (χ0) is 13.9. The first-order chi connectivity index (χ1) is 9.76. The van der Waals surface area contributed by atoms with Gasteiger partial charge in [-0.1, -0.05) is 0 Å². The minimum atomic E-state index is -0.288. The average Bonchev–Trinajstić information content (AvgIpc) is 3.22. The van der Waals surface area contributed by atoms with E-state index in [0.717, 1.165) is 24.2 Å². The molecule has 1 fully saturated rings. The van der Waals surface area contributed by atoms with Gasteiger partial charge in [0, 0.05) is 24.7 Å². The maximum Gasteiger partial charge on any atom is 0.291 e. The summed E-state index contributed by atoms with van der Waals surface area (Å²) in [7, 11) is 1.55. The molecule has 0 saturated heterocycles. The monoisotopic (exact) mass is 273 g/mol. The number of nitrogens with one attached hydrogen (secondary N) is 2. The number of aromatic nitrogens is 4. The summed E-state index contributed by atoms with van der Waals surface area (Å²) >= 11 is 0. The Labute approximate surface area is 115 Å². The largest absolute Gasteiger partial charge is 0.481 e. The number of ether oxygens (including phenoxy) is 1. The third-order valence-electron chi connectivity index (χ3n) is 3.13. The highest BCUT2D eigenvalue weighted by molar-refractivity contribution is 5.90. The van der Waals surface area contributed by atoms with Gasteiger partial charge < -0.3 is 10.1 Å².